The number of carbonyl (C=O) groups excluding carboxylic acids is 1. The molecule has 0 saturated carbocycles. The van der Waals surface area contributed by atoms with Gasteiger partial charge in [0.2, 0.25) is 5.91 Å². The number of sulfone groups is 1. The fourth-order valence-electron chi connectivity index (χ4n) is 3.79. The third-order valence-electron chi connectivity index (χ3n) is 5.50. The Morgan fingerprint density at radius 3 is 2.52 bits per heavy atom. The first-order valence-corrected chi connectivity index (χ1v) is 11.3. The van der Waals surface area contributed by atoms with E-state index >= 15 is 0 Å². The van der Waals surface area contributed by atoms with Crippen molar-refractivity contribution in [1.82, 2.24) is 4.90 Å². The fourth-order valence-corrected chi connectivity index (χ4v) is 5.50. The van der Waals surface area contributed by atoms with Crippen LogP contribution in [0, 0.1) is 0 Å². The van der Waals surface area contributed by atoms with E-state index in [4.69, 9.17) is 0 Å². The van der Waals surface area contributed by atoms with Gasteiger partial charge in [0, 0.05) is 24.8 Å². The molecule has 1 aliphatic rings. The number of carbonyl (C=O) groups is 1. The Hall–Kier alpha value is -2.08. The van der Waals surface area contributed by atoms with Crippen LogP contribution in [0.25, 0.3) is 10.8 Å². The third-order valence-corrected chi connectivity index (χ3v) is 7.25. The maximum atomic E-state index is 13.1. The van der Waals surface area contributed by atoms with Crippen LogP contribution in [0.4, 0.5) is 5.69 Å². The number of benzene rings is 2. The van der Waals surface area contributed by atoms with Gasteiger partial charge in [-0.15, -0.1) is 0 Å². The van der Waals surface area contributed by atoms with Crippen molar-refractivity contribution in [1.29, 1.82) is 0 Å². The molecular formula is C21H28N2O3S. The number of anilines is 1. The van der Waals surface area contributed by atoms with E-state index in [9.17, 15) is 13.2 Å². The van der Waals surface area contributed by atoms with Crippen molar-refractivity contribution in [3.63, 3.8) is 0 Å². The average Bonchev–Trinajstić information content (AvgIpc) is 3.00. The standard InChI is InChI=1S/C21H28N2O3S/c1-4-16(2)23(20-11-12-27(25,26)15-20)21(24)14-22(3)19-10-9-17-7-5-6-8-18(17)13-19/h5-10,13,16,20H,4,11-12,14-15H2,1-3H3/t16-,20+/m0/s1. The summed E-state index contributed by atoms with van der Waals surface area (Å²) >= 11 is 0. The molecule has 1 heterocycles. The second-order valence-electron chi connectivity index (χ2n) is 7.50. The van der Waals surface area contributed by atoms with Crippen LogP contribution in [-0.4, -0.2) is 56.4 Å². The average molecular weight is 389 g/mol. The van der Waals surface area contributed by atoms with E-state index in [1.807, 2.05) is 48.9 Å². The maximum absolute atomic E-state index is 13.1. The van der Waals surface area contributed by atoms with Crippen LogP contribution >= 0.6 is 0 Å². The molecule has 1 aliphatic heterocycles. The molecule has 1 amide bonds. The van der Waals surface area contributed by atoms with E-state index < -0.39 is 9.84 Å². The Morgan fingerprint density at radius 1 is 1.19 bits per heavy atom. The Balaban J connectivity index is 1.77. The molecule has 0 aromatic heterocycles. The molecule has 0 bridgehead atoms. The summed E-state index contributed by atoms with van der Waals surface area (Å²) in [7, 11) is -1.12. The number of hydrogen-bond donors (Lipinski definition) is 0. The number of likely N-dealkylation sites (N-methyl/N-ethyl adjacent to an activating group) is 1. The lowest BCUT2D eigenvalue weighted by Gasteiger charge is -2.35. The number of hydrogen-bond acceptors (Lipinski definition) is 4. The van der Waals surface area contributed by atoms with Crippen LogP contribution < -0.4 is 4.90 Å². The normalized spacial score (nSPS) is 19.7. The van der Waals surface area contributed by atoms with Gasteiger partial charge in [-0.05, 0) is 42.7 Å². The second kappa shape index (κ2) is 7.89. The largest absolute Gasteiger partial charge is 0.365 e. The van der Waals surface area contributed by atoms with Gasteiger partial charge in [0.05, 0.1) is 18.1 Å². The van der Waals surface area contributed by atoms with Gasteiger partial charge < -0.3 is 9.80 Å². The highest BCUT2D eigenvalue weighted by Gasteiger charge is 2.36. The lowest BCUT2D eigenvalue weighted by molar-refractivity contribution is -0.133. The third kappa shape index (κ3) is 4.43. The molecule has 2 atom stereocenters. The quantitative estimate of drug-likeness (QED) is 0.763. The molecule has 2 aromatic carbocycles. The second-order valence-corrected chi connectivity index (χ2v) is 9.73. The molecule has 1 saturated heterocycles. The van der Waals surface area contributed by atoms with Gasteiger partial charge in [-0.1, -0.05) is 37.3 Å². The van der Waals surface area contributed by atoms with Gasteiger partial charge in [0.25, 0.3) is 0 Å². The van der Waals surface area contributed by atoms with Crippen molar-refractivity contribution in [3.05, 3.63) is 42.5 Å². The van der Waals surface area contributed by atoms with Crippen LogP contribution in [0.3, 0.4) is 0 Å². The van der Waals surface area contributed by atoms with Gasteiger partial charge in [-0.3, -0.25) is 4.79 Å². The molecular weight excluding hydrogens is 360 g/mol. The molecule has 6 heteroatoms. The van der Waals surface area contributed by atoms with Gasteiger partial charge in [-0.25, -0.2) is 8.42 Å². The van der Waals surface area contributed by atoms with E-state index in [1.54, 1.807) is 0 Å². The molecule has 0 spiro atoms. The Morgan fingerprint density at radius 2 is 1.89 bits per heavy atom. The van der Waals surface area contributed by atoms with E-state index in [-0.39, 0.29) is 36.0 Å². The highest BCUT2D eigenvalue weighted by molar-refractivity contribution is 7.91. The molecule has 0 unspecified atom stereocenters. The van der Waals surface area contributed by atoms with Gasteiger partial charge in [-0.2, -0.15) is 0 Å². The Labute approximate surface area is 161 Å². The molecule has 2 aromatic rings. The summed E-state index contributed by atoms with van der Waals surface area (Å²) in [6.45, 7) is 4.26. The van der Waals surface area contributed by atoms with E-state index in [1.165, 1.54) is 5.39 Å². The highest BCUT2D eigenvalue weighted by Crippen LogP contribution is 2.24. The van der Waals surface area contributed by atoms with E-state index in [0.29, 0.717) is 6.42 Å². The van der Waals surface area contributed by atoms with Crippen molar-refractivity contribution in [2.45, 2.75) is 38.8 Å². The first-order valence-electron chi connectivity index (χ1n) is 9.52. The maximum Gasteiger partial charge on any atom is 0.242 e. The first-order chi connectivity index (χ1) is 12.8. The van der Waals surface area contributed by atoms with Crippen LogP contribution in [0.15, 0.2) is 42.5 Å². The monoisotopic (exact) mass is 388 g/mol. The number of fused-ring (bicyclic) bond motifs is 1. The number of rotatable bonds is 6. The minimum atomic E-state index is -3.03. The molecule has 0 aliphatic carbocycles. The Bertz CT molecular complexity index is 926. The lowest BCUT2D eigenvalue weighted by Crippen LogP contribution is -2.50. The van der Waals surface area contributed by atoms with E-state index in [2.05, 4.69) is 24.3 Å². The zero-order valence-electron chi connectivity index (χ0n) is 16.3. The minimum absolute atomic E-state index is 0.0119. The van der Waals surface area contributed by atoms with Gasteiger partial charge >= 0.3 is 0 Å². The molecule has 1 fully saturated rings. The van der Waals surface area contributed by atoms with Crippen molar-refractivity contribution in [3.8, 4) is 0 Å². The van der Waals surface area contributed by atoms with Gasteiger partial charge in [0.15, 0.2) is 9.84 Å². The van der Waals surface area contributed by atoms with Crippen molar-refractivity contribution in [2.75, 3.05) is 30.0 Å². The van der Waals surface area contributed by atoms with Crippen molar-refractivity contribution < 1.29 is 13.2 Å². The summed E-state index contributed by atoms with van der Waals surface area (Å²) in [4.78, 5) is 16.8. The zero-order valence-corrected chi connectivity index (χ0v) is 17.1. The molecule has 3 rings (SSSR count). The van der Waals surface area contributed by atoms with Crippen LogP contribution in [0.5, 0.6) is 0 Å². The predicted octanol–water partition coefficient (Wildman–Crippen LogP) is 3.09. The Kier molecular flexibility index (Phi) is 5.75. The summed E-state index contributed by atoms with van der Waals surface area (Å²) in [6, 6.07) is 14.1. The zero-order chi connectivity index (χ0) is 19.6. The lowest BCUT2D eigenvalue weighted by atomic mass is 10.1. The summed E-state index contributed by atoms with van der Waals surface area (Å²) in [5.41, 5.74) is 0.977. The predicted molar refractivity (Wildman–Crippen MR) is 111 cm³/mol. The topological polar surface area (TPSA) is 57.7 Å². The minimum Gasteiger partial charge on any atom is -0.365 e. The van der Waals surface area contributed by atoms with Gasteiger partial charge in [0.1, 0.15) is 0 Å². The molecule has 0 radical (unpaired) electrons. The smallest absolute Gasteiger partial charge is 0.242 e. The van der Waals surface area contributed by atoms with Crippen LogP contribution in [0.2, 0.25) is 0 Å². The summed E-state index contributed by atoms with van der Waals surface area (Å²) in [6.07, 6.45) is 1.35. The van der Waals surface area contributed by atoms with Crippen LogP contribution in [0.1, 0.15) is 26.7 Å². The van der Waals surface area contributed by atoms with Crippen LogP contribution in [-0.2, 0) is 14.6 Å². The summed E-state index contributed by atoms with van der Waals surface area (Å²) in [5.74, 6) is 0.253. The molecule has 27 heavy (non-hydrogen) atoms. The first kappa shape index (κ1) is 19.7. The summed E-state index contributed by atoms with van der Waals surface area (Å²) < 4.78 is 23.8. The molecule has 146 valence electrons. The molecule has 5 nitrogen and oxygen atoms in total. The fraction of sp³-hybridized carbons (Fsp3) is 0.476. The summed E-state index contributed by atoms with van der Waals surface area (Å²) in [5, 5.41) is 2.30. The van der Waals surface area contributed by atoms with E-state index in [0.717, 1.165) is 17.5 Å². The van der Waals surface area contributed by atoms with Crippen molar-refractivity contribution in [2.24, 2.45) is 0 Å². The SMILES string of the molecule is CC[C@H](C)N(C(=O)CN(C)c1ccc2ccccc2c1)[C@@H]1CCS(=O)(=O)C1. The molecule has 0 N–H and O–H groups in total. The number of nitrogens with zero attached hydrogens (tertiary/aromatic N) is 2. The van der Waals surface area contributed by atoms with Crippen molar-refractivity contribution >= 4 is 32.2 Å². The number of amides is 1. The highest BCUT2D eigenvalue weighted by atomic mass is 32.2.